The van der Waals surface area contributed by atoms with E-state index in [1.54, 1.807) is 24.3 Å². The molecule has 6 nitrogen and oxygen atoms in total. The van der Waals surface area contributed by atoms with Gasteiger partial charge < -0.3 is 15.0 Å². The van der Waals surface area contributed by atoms with Gasteiger partial charge in [0.2, 0.25) is 5.91 Å². The number of hydrogen-bond acceptors (Lipinski definition) is 4. The smallest absolute Gasteiger partial charge is 0.379 e. The summed E-state index contributed by atoms with van der Waals surface area (Å²) >= 11 is 0. The fourth-order valence-electron chi connectivity index (χ4n) is 6.08. The third-order valence-corrected chi connectivity index (χ3v) is 8.14. The number of carbonyl (C=O) groups is 2. The van der Waals surface area contributed by atoms with Gasteiger partial charge in [0.1, 0.15) is 0 Å². The fraction of sp³-hybridized carbons (Fsp3) is 0.517. The average Bonchev–Trinajstić information content (AvgIpc) is 3.44. The van der Waals surface area contributed by atoms with Gasteiger partial charge in [0.05, 0.1) is 36.3 Å². The first-order valence-electron chi connectivity index (χ1n) is 13.7. The molecule has 2 amide bonds. The van der Waals surface area contributed by atoms with Crippen LogP contribution in [0.3, 0.4) is 0 Å². The van der Waals surface area contributed by atoms with Crippen LogP contribution < -0.4 is 5.32 Å². The SMILES string of the molecule is O=C(NC1CCCC1)C1c2ccccc2C(=O)N(CCN2CCOCC2)C1c1cc(C(F)(F)F)cc(C(F)(F)F)c1. The topological polar surface area (TPSA) is 61.9 Å². The monoisotopic (exact) mass is 583 g/mol. The number of carbonyl (C=O) groups excluding carboxylic acids is 2. The Labute approximate surface area is 233 Å². The van der Waals surface area contributed by atoms with Crippen molar-refractivity contribution in [2.75, 3.05) is 39.4 Å². The first-order chi connectivity index (χ1) is 19.4. The van der Waals surface area contributed by atoms with Crippen LogP contribution in [-0.4, -0.2) is 67.0 Å². The van der Waals surface area contributed by atoms with E-state index in [-0.39, 0.29) is 35.3 Å². The summed E-state index contributed by atoms with van der Waals surface area (Å²) in [6, 6.07) is 6.12. The molecule has 0 spiro atoms. The molecule has 5 rings (SSSR count). The average molecular weight is 584 g/mol. The van der Waals surface area contributed by atoms with E-state index in [0.29, 0.717) is 45.0 Å². The Morgan fingerprint density at radius 2 is 1.51 bits per heavy atom. The Morgan fingerprint density at radius 1 is 0.902 bits per heavy atom. The fourth-order valence-corrected chi connectivity index (χ4v) is 6.08. The molecule has 0 bridgehead atoms. The number of rotatable bonds is 6. The van der Waals surface area contributed by atoms with Gasteiger partial charge in [-0.2, -0.15) is 26.3 Å². The van der Waals surface area contributed by atoms with Gasteiger partial charge in [-0.05, 0) is 48.2 Å². The number of benzene rings is 2. The second-order valence-electron chi connectivity index (χ2n) is 10.8. The van der Waals surface area contributed by atoms with Crippen molar-refractivity contribution in [1.82, 2.24) is 15.1 Å². The van der Waals surface area contributed by atoms with Gasteiger partial charge in [-0.25, -0.2) is 0 Å². The maximum atomic E-state index is 13.9. The molecule has 0 aromatic heterocycles. The molecule has 2 aromatic carbocycles. The van der Waals surface area contributed by atoms with Crippen LogP contribution in [0.1, 0.15) is 70.3 Å². The summed E-state index contributed by atoms with van der Waals surface area (Å²) in [6.45, 7) is 2.39. The number of morpholine rings is 1. The van der Waals surface area contributed by atoms with E-state index in [4.69, 9.17) is 4.74 Å². The largest absolute Gasteiger partial charge is 0.416 e. The van der Waals surface area contributed by atoms with Crippen LogP contribution in [0.25, 0.3) is 0 Å². The highest BCUT2D eigenvalue weighted by atomic mass is 19.4. The number of nitrogens with zero attached hydrogens (tertiary/aromatic N) is 2. The Hall–Kier alpha value is -3.12. The first-order valence-corrected chi connectivity index (χ1v) is 13.7. The zero-order chi connectivity index (χ0) is 29.4. The lowest BCUT2D eigenvalue weighted by Gasteiger charge is -2.43. The number of halogens is 6. The van der Waals surface area contributed by atoms with Crippen molar-refractivity contribution < 1.29 is 40.7 Å². The zero-order valence-corrected chi connectivity index (χ0v) is 22.2. The van der Waals surface area contributed by atoms with Gasteiger partial charge >= 0.3 is 12.4 Å². The van der Waals surface area contributed by atoms with Crippen LogP contribution in [0.15, 0.2) is 42.5 Å². The summed E-state index contributed by atoms with van der Waals surface area (Å²) < 4.78 is 88.7. The Balaban J connectivity index is 1.65. The number of ether oxygens (including phenoxy) is 1. The molecule has 0 radical (unpaired) electrons. The molecule has 2 aliphatic heterocycles. The second-order valence-corrected chi connectivity index (χ2v) is 10.8. The van der Waals surface area contributed by atoms with Gasteiger partial charge in [0, 0.05) is 37.8 Å². The quantitative estimate of drug-likeness (QED) is 0.463. The molecule has 2 aromatic rings. The number of fused-ring (bicyclic) bond motifs is 1. The van der Waals surface area contributed by atoms with Crippen LogP contribution in [0, 0.1) is 0 Å². The maximum absolute atomic E-state index is 13.9. The lowest BCUT2D eigenvalue weighted by molar-refractivity contribution is -0.143. The summed E-state index contributed by atoms with van der Waals surface area (Å²) in [5.41, 5.74) is -2.87. The number of nitrogens with one attached hydrogen (secondary N) is 1. The van der Waals surface area contributed by atoms with Crippen molar-refractivity contribution in [3.63, 3.8) is 0 Å². The standard InChI is InChI=1S/C29H31F6N3O3/c30-28(31,32)19-15-18(16-20(17-19)29(33,34)35)25-24(26(39)36-21-5-1-2-6-21)22-7-3-4-8-23(22)27(40)38(25)10-9-37-11-13-41-14-12-37/h3-4,7-8,15-17,21,24-25H,1-2,5-6,9-14H2,(H,36,39). The molecule has 1 N–H and O–H groups in total. The summed E-state index contributed by atoms with van der Waals surface area (Å²) in [7, 11) is 0. The molecule has 2 heterocycles. The summed E-state index contributed by atoms with van der Waals surface area (Å²) in [5, 5.41) is 2.97. The van der Waals surface area contributed by atoms with E-state index in [2.05, 4.69) is 5.32 Å². The van der Waals surface area contributed by atoms with E-state index >= 15 is 0 Å². The summed E-state index contributed by atoms with van der Waals surface area (Å²) in [4.78, 5) is 31.0. The number of amides is 2. The molecule has 41 heavy (non-hydrogen) atoms. The summed E-state index contributed by atoms with van der Waals surface area (Å²) in [5.74, 6) is -2.28. The van der Waals surface area contributed by atoms with Crippen LogP contribution in [0.5, 0.6) is 0 Å². The van der Waals surface area contributed by atoms with E-state index in [1.807, 2.05) is 4.90 Å². The van der Waals surface area contributed by atoms with Gasteiger partial charge in [-0.15, -0.1) is 0 Å². The summed E-state index contributed by atoms with van der Waals surface area (Å²) in [6.07, 6.45) is -6.89. The molecule has 2 atom stereocenters. The lowest BCUT2D eigenvalue weighted by Crippen LogP contribution is -2.51. The molecule has 1 saturated heterocycles. The molecular formula is C29H31F6N3O3. The van der Waals surface area contributed by atoms with Crippen LogP contribution in [0.4, 0.5) is 26.3 Å². The van der Waals surface area contributed by atoms with E-state index in [9.17, 15) is 35.9 Å². The van der Waals surface area contributed by atoms with Crippen LogP contribution >= 0.6 is 0 Å². The third kappa shape index (κ3) is 6.38. The molecule has 3 aliphatic rings. The van der Waals surface area contributed by atoms with Gasteiger partial charge in [-0.1, -0.05) is 31.0 Å². The number of hydrogen-bond donors (Lipinski definition) is 1. The molecule has 1 saturated carbocycles. The molecule has 2 unspecified atom stereocenters. The van der Waals surface area contributed by atoms with E-state index < -0.39 is 47.3 Å². The Morgan fingerprint density at radius 3 is 2.12 bits per heavy atom. The van der Waals surface area contributed by atoms with Crippen molar-refractivity contribution in [1.29, 1.82) is 0 Å². The van der Waals surface area contributed by atoms with Crippen LogP contribution in [0.2, 0.25) is 0 Å². The molecule has 2 fully saturated rings. The van der Waals surface area contributed by atoms with E-state index in [1.165, 1.54) is 4.90 Å². The van der Waals surface area contributed by atoms with Crippen molar-refractivity contribution in [3.05, 3.63) is 70.3 Å². The molecule has 1 aliphatic carbocycles. The first kappa shape index (κ1) is 29.4. The minimum atomic E-state index is -5.08. The van der Waals surface area contributed by atoms with Crippen molar-refractivity contribution >= 4 is 11.8 Å². The number of alkyl halides is 6. The molecule has 222 valence electrons. The highest BCUT2D eigenvalue weighted by molar-refractivity contribution is 6.01. The predicted molar refractivity (Wildman–Crippen MR) is 137 cm³/mol. The van der Waals surface area contributed by atoms with Crippen molar-refractivity contribution in [2.24, 2.45) is 0 Å². The van der Waals surface area contributed by atoms with Crippen molar-refractivity contribution in [2.45, 2.75) is 56.0 Å². The van der Waals surface area contributed by atoms with Crippen molar-refractivity contribution in [3.8, 4) is 0 Å². The molecule has 12 heteroatoms. The highest BCUT2D eigenvalue weighted by Gasteiger charge is 2.46. The lowest BCUT2D eigenvalue weighted by atomic mass is 9.78. The third-order valence-electron chi connectivity index (χ3n) is 8.14. The second kappa shape index (κ2) is 11.6. The highest BCUT2D eigenvalue weighted by Crippen LogP contribution is 2.46. The van der Waals surface area contributed by atoms with Gasteiger partial charge in [-0.3, -0.25) is 14.5 Å². The minimum Gasteiger partial charge on any atom is -0.379 e. The predicted octanol–water partition coefficient (Wildman–Crippen LogP) is 5.40. The minimum absolute atomic E-state index is 0.00262. The Kier molecular flexibility index (Phi) is 8.34. The van der Waals surface area contributed by atoms with E-state index in [0.717, 1.165) is 25.7 Å². The normalized spacial score (nSPS) is 22.6. The van der Waals surface area contributed by atoms with Gasteiger partial charge in [0.25, 0.3) is 5.91 Å². The molecular weight excluding hydrogens is 552 g/mol. The Bertz CT molecular complexity index is 1240. The van der Waals surface area contributed by atoms with Gasteiger partial charge in [0.15, 0.2) is 0 Å². The zero-order valence-electron chi connectivity index (χ0n) is 22.2. The maximum Gasteiger partial charge on any atom is 0.416 e. The van der Waals surface area contributed by atoms with Crippen LogP contribution in [-0.2, 0) is 21.9 Å².